The summed E-state index contributed by atoms with van der Waals surface area (Å²) in [7, 11) is 3.17. The standard InChI is InChI=1S/C30H29F3N6O3/c1-19-7-10-23(37-28(40)21-5-4-6-22(15-21)30(31,32)33)16-25(19)38-29(41)39(2)27-17-26(35-18-36-27)34-14-13-20-8-11-24(42-3)12-9-20/h4-12,15-18H,13-14H2,1-3H3,(H,37,40)(H,38,41)(H,34,35,36). The Kier molecular flexibility index (Phi) is 9.25. The van der Waals surface area contributed by atoms with Crippen LogP contribution in [0.15, 0.2) is 79.1 Å². The van der Waals surface area contributed by atoms with Gasteiger partial charge in [0.05, 0.1) is 12.7 Å². The first kappa shape index (κ1) is 29.8. The number of ether oxygens (including phenoxy) is 1. The van der Waals surface area contributed by atoms with Gasteiger partial charge < -0.3 is 20.7 Å². The van der Waals surface area contributed by atoms with Crippen molar-refractivity contribution in [3.05, 3.63) is 101 Å². The van der Waals surface area contributed by atoms with Gasteiger partial charge in [-0.15, -0.1) is 0 Å². The van der Waals surface area contributed by atoms with Crippen LogP contribution in [-0.4, -0.2) is 42.6 Å². The first-order valence-corrected chi connectivity index (χ1v) is 12.9. The summed E-state index contributed by atoms with van der Waals surface area (Å²) in [6.07, 6.45) is -2.47. The molecule has 0 saturated carbocycles. The second kappa shape index (κ2) is 13.0. The van der Waals surface area contributed by atoms with Gasteiger partial charge in [-0.3, -0.25) is 9.69 Å². The molecule has 3 amide bonds. The van der Waals surface area contributed by atoms with Crippen LogP contribution in [0.3, 0.4) is 0 Å². The molecule has 0 aliphatic heterocycles. The number of nitrogens with zero attached hydrogens (tertiary/aromatic N) is 3. The highest BCUT2D eigenvalue weighted by Gasteiger charge is 2.31. The molecule has 3 aromatic carbocycles. The van der Waals surface area contributed by atoms with Crippen LogP contribution in [0.5, 0.6) is 5.75 Å². The molecule has 4 aromatic rings. The number of urea groups is 1. The average molecular weight is 579 g/mol. The van der Waals surface area contributed by atoms with E-state index >= 15 is 0 Å². The molecule has 0 unspecified atom stereocenters. The number of anilines is 4. The maximum Gasteiger partial charge on any atom is 0.416 e. The first-order chi connectivity index (χ1) is 20.0. The van der Waals surface area contributed by atoms with Crippen LogP contribution in [0.25, 0.3) is 0 Å². The van der Waals surface area contributed by atoms with Gasteiger partial charge in [-0.25, -0.2) is 14.8 Å². The molecular formula is C30H29F3N6O3. The summed E-state index contributed by atoms with van der Waals surface area (Å²) in [6, 6.07) is 17.8. The molecule has 0 fully saturated rings. The summed E-state index contributed by atoms with van der Waals surface area (Å²) < 4.78 is 44.3. The average Bonchev–Trinajstić information content (AvgIpc) is 2.98. The highest BCUT2D eigenvalue weighted by molar-refractivity contribution is 6.05. The van der Waals surface area contributed by atoms with Gasteiger partial charge in [0, 0.05) is 36.6 Å². The van der Waals surface area contributed by atoms with Crippen molar-refractivity contribution in [1.29, 1.82) is 0 Å². The van der Waals surface area contributed by atoms with Gasteiger partial charge in [-0.2, -0.15) is 13.2 Å². The predicted molar refractivity (Wildman–Crippen MR) is 155 cm³/mol. The van der Waals surface area contributed by atoms with E-state index in [4.69, 9.17) is 4.74 Å². The lowest BCUT2D eigenvalue weighted by atomic mass is 10.1. The number of hydrogen-bond donors (Lipinski definition) is 3. The van der Waals surface area contributed by atoms with Crippen molar-refractivity contribution in [3.63, 3.8) is 0 Å². The molecule has 0 aliphatic carbocycles. The Labute approximate surface area is 240 Å². The Morgan fingerprint density at radius 1 is 0.952 bits per heavy atom. The number of carbonyl (C=O) groups is 2. The smallest absolute Gasteiger partial charge is 0.416 e. The van der Waals surface area contributed by atoms with Crippen LogP contribution in [0.1, 0.15) is 27.0 Å². The van der Waals surface area contributed by atoms with Gasteiger partial charge in [0.2, 0.25) is 0 Å². The van der Waals surface area contributed by atoms with Crippen molar-refractivity contribution in [2.75, 3.05) is 41.6 Å². The number of hydrogen-bond acceptors (Lipinski definition) is 6. The number of benzene rings is 3. The predicted octanol–water partition coefficient (Wildman–Crippen LogP) is 6.39. The molecule has 0 spiro atoms. The van der Waals surface area contributed by atoms with Gasteiger partial charge >= 0.3 is 12.2 Å². The van der Waals surface area contributed by atoms with Crippen molar-refractivity contribution in [2.45, 2.75) is 19.5 Å². The molecular weight excluding hydrogens is 549 g/mol. The second-order valence-corrected chi connectivity index (χ2v) is 9.34. The van der Waals surface area contributed by atoms with Crippen LogP contribution in [0, 0.1) is 6.92 Å². The highest BCUT2D eigenvalue weighted by atomic mass is 19.4. The molecule has 218 valence electrons. The number of nitrogens with one attached hydrogen (secondary N) is 3. The van der Waals surface area contributed by atoms with Gasteiger partial charge in [0.1, 0.15) is 23.7 Å². The zero-order valence-electron chi connectivity index (χ0n) is 23.1. The zero-order valence-corrected chi connectivity index (χ0v) is 23.1. The van der Waals surface area contributed by atoms with Crippen molar-refractivity contribution >= 4 is 34.9 Å². The quantitative estimate of drug-likeness (QED) is 0.213. The third-order valence-corrected chi connectivity index (χ3v) is 6.37. The fourth-order valence-corrected chi connectivity index (χ4v) is 3.93. The lowest BCUT2D eigenvalue weighted by Crippen LogP contribution is -2.32. The van der Waals surface area contributed by atoms with Crippen LogP contribution >= 0.6 is 0 Å². The Hall–Kier alpha value is -5.13. The number of halogens is 3. The monoisotopic (exact) mass is 578 g/mol. The molecule has 0 aliphatic rings. The Bertz CT molecular complexity index is 1560. The summed E-state index contributed by atoms with van der Waals surface area (Å²) in [5.41, 5.74) is 1.46. The maximum absolute atomic E-state index is 13.0. The molecule has 12 heteroatoms. The van der Waals surface area contributed by atoms with Gasteiger partial charge in [0.15, 0.2) is 0 Å². The molecule has 0 radical (unpaired) electrons. The fourth-order valence-electron chi connectivity index (χ4n) is 3.93. The van der Waals surface area contributed by atoms with E-state index in [0.29, 0.717) is 35.1 Å². The molecule has 0 atom stereocenters. The number of methoxy groups -OCH3 is 1. The third-order valence-electron chi connectivity index (χ3n) is 6.37. The van der Waals surface area contributed by atoms with Crippen LogP contribution < -0.4 is 25.6 Å². The van der Waals surface area contributed by atoms with E-state index in [1.165, 1.54) is 29.4 Å². The Morgan fingerprint density at radius 3 is 2.43 bits per heavy atom. The van der Waals surface area contributed by atoms with Gasteiger partial charge in [-0.05, 0) is 66.9 Å². The SMILES string of the molecule is COc1ccc(CCNc2cc(N(C)C(=O)Nc3cc(NC(=O)c4cccc(C(F)(F)F)c4)ccc3C)ncn2)cc1. The first-order valence-electron chi connectivity index (χ1n) is 12.9. The number of amides is 3. The van der Waals surface area contributed by atoms with Gasteiger partial charge in [-0.1, -0.05) is 24.3 Å². The van der Waals surface area contributed by atoms with Crippen molar-refractivity contribution in [1.82, 2.24) is 9.97 Å². The van der Waals surface area contributed by atoms with Gasteiger partial charge in [0.25, 0.3) is 5.91 Å². The molecule has 0 bridgehead atoms. The van der Waals surface area contributed by atoms with E-state index in [0.717, 1.165) is 29.9 Å². The summed E-state index contributed by atoms with van der Waals surface area (Å²) in [6.45, 7) is 2.38. The molecule has 4 rings (SSSR count). The van der Waals surface area contributed by atoms with Crippen molar-refractivity contribution in [3.8, 4) is 5.75 Å². The molecule has 1 heterocycles. The summed E-state index contributed by atoms with van der Waals surface area (Å²) >= 11 is 0. The minimum atomic E-state index is -4.57. The van der Waals surface area contributed by atoms with Crippen LogP contribution in [0.4, 0.5) is 41.0 Å². The number of alkyl halides is 3. The Balaban J connectivity index is 1.38. The molecule has 0 saturated heterocycles. The van der Waals surface area contributed by atoms with E-state index in [1.54, 1.807) is 39.3 Å². The maximum atomic E-state index is 13.0. The zero-order chi connectivity index (χ0) is 30.3. The van der Waals surface area contributed by atoms with E-state index in [-0.39, 0.29) is 5.56 Å². The van der Waals surface area contributed by atoms with Crippen molar-refractivity contribution < 1.29 is 27.5 Å². The topological polar surface area (TPSA) is 108 Å². The Morgan fingerprint density at radius 2 is 1.71 bits per heavy atom. The minimum absolute atomic E-state index is 0.145. The molecule has 1 aromatic heterocycles. The minimum Gasteiger partial charge on any atom is -0.497 e. The van der Waals surface area contributed by atoms with Crippen LogP contribution in [-0.2, 0) is 12.6 Å². The van der Waals surface area contributed by atoms with E-state index in [2.05, 4.69) is 25.9 Å². The number of aryl methyl sites for hydroxylation is 1. The molecule has 9 nitrogen and oxygen atoms in total. The van der Waals surface area contributed by atoms with Crippen LogP contribution in [0.2, 0.25) is 0 Å². The lowest BCUT2D eigenvalue weighted by molar-refractivity contribution is -0.137. The number of rotatable bonds is 9. The largest absolute Gasteiger partial charge is 0.497 e. The highest BCUT2D eigenvalue weighted by Crippen LogP contribution is 2.30. The fraction of sp³-hybridized carbons (Fsp3) is 0.200. The van der Waals surface area contributed by atoms with Crippen molar-refractivity contribution in [2.24, 2.45) is 0 Å². The summed E-state index contributed by atoms with van der Waals surface area (Å²) in [5.74, 6) is 0.965. The summed E-state index contributed by atoms with van der Waals surface area (Å²) in [5, 5.41) is 8.58. The van der Waals surface area contributed by atoms with E-state index < -0.39 is 23.7 Å². The molecule has 42 heavy (non-hydrogen) atoms. The number of carbonyl (C=O) groups excluding carboxylic acids is 2. The second-order valence-electron chi connectivity index (χ2n) is 9.34. The lowest BCUT2D eigenvalue weighted by Gasteiger charge is -2.19. The molecule has 3 N–H and O–H groups in total. The summed E-state index contributed by atoms with van der Waals surface area (Å²) in [4.78, 5) is 35.4. The number of aromatic nitrogens is 2. The third kappa shape index (κ3) is 7.74. The van der Waals surface area contributed by atoms with E-state index in [1.807, 2.05) is 24.3 Å². The normalized spacial score (nSPS) is 11.0. The van der Waals surface area contributed by atoms with E-state index in [9.17, 15) is 22.8 Å².